The molecule has 28 heavy (non-hydrogen) atoms. The molecule has 0 fully saturated rings. The van der Waals surface area contributed by atoms with Gasteiger partial charge in [-0.05, 0) is 66.6 Å². The number of rotatable bonds is 2. The number of nitrogens with zero attached hydrogens (tertiary/aromatic N) is 1. The Labute approximate surface area is 168 Å². The van der Waals surface area contributed by atoms with Crippen LogP contribution in [0, 0.1) is 0 Å². The average molecular weight is 419 g/mol. The number of halogens is 1. The van der Waals surface area contributed by atoms with E-state index >= 15 is 0 Å². The van der Waals surface area contributed by atoms with Crippen LogP contribution < -0.4 is 5.32 Å². The Bertz CT molecular complexity index is 1100. The summed E-state index contributed by atoms with van der Waals surface area (Å²) in [6.45, 7) is 0. The zero-order valence-electron chi connectivity index (χ0n) is 15.2. The average Bonchev–Trinajstić information content (AvgIpc) is 2.66. The van der Waals surface area contributed by atoms with Crippen LogP contribution in [0.3, 0.4) is 0 Å². The van der Waals surface area contributed by atoms with Gasteiger partial charge in [0.1, 0.15) is 5.92 Å². The summed E-state index contributed by atoms with van der Waals surface area (Å²) in [5, 5.41) is 3.13. The zero-order chi connectivity index (χ0) is 20.1. The van der Waals surface area contributed by atoms with E-state index in [4.69, 9.17) is 11.6 Å². The van der Waals surface area contributed by atoms with Crippen LogP contribution in [0.4, 0.5) is 5.69 Å². The molecule has 0 radical (unpaired) electrons. The largest absolute Gasteiger partial charge is 0.325 e. The topological polar surface area (TPSA) is 83.6 Å². The van der Waals surface area contributed by atoms with Crippen LogP contribution in [0.2, 0.25) is 5.02 Å². The van der Waals surface area contributed by atoms with E-state index in [2.05, 4.69) is 5.32 Å². The molecule has 146 valence electrons. The third-order valence-corrected chi connectivity index (χ3v) is 7.38. The first kappa shape index (κ1) is 19.0. The molecule has 1 heterocycles. The number of aryl methyl sites for hydroxylation is 2. The molecule has 2 aliphatic rings. The molecule has 1 unspecified atom stereocenters. The molecule has 0 saturated carbocycles. The summed E-state index contributed by atoms with van der Waals surface area (Å²) in [4.78, 5) is 25.9. The molecular weight excluding hydrogens is 400 g/mol. The molecule has 0 aromatic heterocycles. The van der Waals surface area contributed by atoms with Crippen molar-refractivity contribution in [2.45, 2.75) is 36.5 Å². The fraction of sp³-hybridized carbons (Fsp3) is 0.300. The first-order chi connectivity index (χ1) is 13.3. The second-order valence-electron chi connectivity index (χ2n) is 7.11. The van der Waals surface area contributed by atoms with Crippen LogP contribution in [-0.2, 0) is 32.5 Å². The van der Waals surface area contributed by atoms with Crippen molar-refractivity contribution in [2.75, 3.05) is 12.4 Å². The Morgan fingerprint density at radius 1 is 1.14 bits per heavy atom. The molecule has 2 aromatic rings. The predicted molar refractivity (Wildman–Crippen MR) is 106 cm³/mol. The fourth-order valence-electron chi connectivity index (χ4n) is 3.85. The van der Waals surface area contributed by atoms with Gasteiger partial charge in [0.2, 0.25) is 5.91 Å². The van der Waals surface area contributed by atoms with Gasteiger partial charge in [-0.15, -0.1) is 0 Å². The number of anilines is 1. The summed E-state index contributed by atoms with van der Waals surface area (Å²) in [5.41, 5.74) is 2.69. The van der Waals surface area contributed by atoms with E-state index in [1.807, 2.05) is 0 Å². The molecule has 0 spiro atoms. The number of hydrogen-bond acceptors (Lipinski definition) is 4. The lowest BCUT2D eigenvalue weighted by Crippen LogP contribution is -2.46. The summed E-state index contributed by atoms with van der Waals surface area (Å²) in [6.07, 6.45) is 3.62. The van der Waals surface area contributed by atoms with Crippen LogP contribution in [-0.4, -0.2) is 31.6 Å². The minimum Gasteiger partial charge on any atom is -0.325 e. The van der Waals surface area contributed by atoms with Gasteiger partial charge < -0.3 is 5.32 Å². The van der Waals surface area contributed by atoms with Gasteiger partial charge in [-0.2, -0.15) is 0 Å². The van der Waals surface area contributed by atoms with Crippen LogP contribution in [0.25, 0.3) is 0 Å². The molecular formula is C20H19ClN2O4S. The summed E-state index contributed by atoms with van der Waals surface area (Å²) < 4.78 is 26.3. The highest BCUT2D eigenvalue weighted by atomic mass is 35.5. The summed E-state index contributed by atoms with van der Waals surface area (Å²) in [7, 11) is -2.77. The van der Waals surface area contributed by atoms with Crippen molar-refractivity contribution in [3.8, 4) is 0 Å². The number of sulfonamides is 1. The van der Waals surface area contributed by atoms with E-state index in [0.29, 0.717) is 15.0 Å². The monoisotopic (exact) mass is 418 g/mol. The van der Waals surface area contributed by atoms with Crippen molar-refractivity contribution < 1.29 is 18.0 Å². The molecule has 2 aromatic carbocycles. The van der Waals surface area contributed by atoms with E-state index < -0.39 is 27.8 Å². The number of nitrogens with one attached hydrogen (secondary N) is 1. The normalized spacial score (nSPS) is 20.3. The van der Waals surface area contributed by atoms with Crippen LogP contribution in [0.1, 0.15) is 35.4 Å². The highest BCUT2D eigenvalue weighted by Crippen LogP contribution is 2.38. The fourth-order valence-corrected chi connectivity index (χ4v) is 5.44. The Morgan fingerprint density at radius 3 is 2.50 bits per heavy atom. The number of amides is 2. The Morgan fingerprint density at radius 2 is 1.82 bits per heavy atom. The van der Waals surface area contributed by atoms with Crippen molar-refractivity contribution in [2.24, 2.45) is 0 Å². The van der Waals surface area contributed by atoms with Crippen molar-refractivity contribution in [1.29, 1.82) is 0 Å². The Balaban J connectivity index is 1.81. The molecule has 0 bridgehead atoms. The van der Waals surface area contributed by atoms with Gasteiger partial charge in [-0.3, -0.25) is 9.59 Å². The smallest absolute Gasteiger partial charge is 0.266 e. The number of likely N-dealkylation sites (N-methyl/N-ethyl adjacent to an activating group) is 1. The van der Waals surface area contributed by atoms with Gasteiger partial charge in [-0.25, -0.2) is 12.7 Å². The molecule has 1 N–H and O–H groups in total. The maximum absolute atomic E-state index is 13.0. The molecule has 8 heteroatoms. The summed E-state index contributed by atoms with van der Waals surface area (Å²) in [6, 6.07) is 9.95. The third kappa shape index (κ3) is 3.08. The second-order valence-corrected chi connectivity index (χ2v) is 9.48. The number of carbonyl (C=O) groups is 2. The van der Waals surface area contributed by atoms with Gasteiger partial charge in [0, 0.05) is 17.8 Å². The van der Waals surface area contributed by atoms with Gasteiger partial charge in [0.15, 0.2) is 0 Å². The maximum atomic E-state index is 13.0. The third-order valence-electron chi connectivity index (χ3n) is 5.34. The van der Waals surface area contributed by atoms with Crippen molar-refractivity contribution in [3.63, 3.8) is 0 Å². The standard InChI is InChI=1S/C20H19ClN2O4S/c1-23-20(25)18(19(24)22-15-8-4-7-14(21)11-15)16-9-12-5-2-3-6-13(12)10-17(16)28(23,26)27/h4,7-11,18H,2-3,5-6H2,1H3,(H,22,24). The van der Waals surface area contributed by atoms with E-state index in [0.717, 1.165) is 36.8 Å². The van der Waals surface area contributed by atoms with Crippen molar-refractivity contribution in [3.05, 3.63) is 58.1 Å². The van der Waals surface area contributed by atoms with Crippen LogP contribution in [0.5, 0.6) is 0 Å². The number of carbonyl (C=O) groups excluding carboxylic acids is 2. The van der Waals surface area contributed by atoms with E-state index in [1.165, 1.54) is 7.05 Å². The summed E-state index contributed by atoms with van der Waals surface area (Å²) >= 11 is 5.96. The van der Waals surface area contributed by atoms with Gasteiger partial charge in [0.25, 0.3) is 15.9 Å². The predicted octanol–water partition coefficient (Wildman–Crippen LogP) is 3.10. The number of benzene rings is 2. The van der Waals surface area contributed by atoms with E-state index in [1.54, 1.807) is 36.4 Å². The number of fused-ring (bicyclic) bond motifs is 2. The molecule has 1 aliphatic heterocycles. The number of hydrogen-bond donors (Lipinski definition) is 1. The Hall–Kier alpha value is -2.38. The van der Waals surface area contributed by atoms with Gasteiger partial charge in [-0.1, -0.05) is 23.7 Å². The van der Waals surface area contributed by atoms with E-state index in [-0.39, 0.29) is 10.5 Å². The maximum Gasteiger partial charge on any atom is 0.266 e. The van der Waals surface area contributed by atoms with Crippen LogP contribution >= 0.6 is 11.6 Å². The van der Waals surface area contributed by atoms with Crippen molar-refractivity contribution >= 4 is 39.1 Å². The highest BCUT2D eigenvalue weighted by molar-refractivity contribution is 7.89. The second kappa shape index (κ2) is 6.90. The SMILES string of the molecule is CN1C(=O)C(C(=O)Nc2cccc(Cl)c2)c2cc3c(cc2S1(=O)=O)CCCC3. The zero-order valence-corrected chi connectivity index (χ0v) is 16.8. The van der Waals surface area contributed by atoms with Gasteiger partial charge >= 0.3 is 0 Å². The Kier molecular flexibility index (Phi) is 4.67. The molecule has 6 nitrogen and oxygen atoms in total. The van der Waals surface area contributed by atoms with Crippen molar-refractivity contribution in [1.82, 2.24) is 4.31 Å². The first-order valence-electron chi connectivity index (χ1n) is 9.04. The lowest BCUT2D eigenvalue weighted by Gasteiger charge is -2.32. The minimum atomic E-state index is -3.97. The molecule has 0 saturated heterocycles. The molecule has 1 atom stereocenters. The minimum absolute atomic E-state index is 0.0431. The first-order valence-corrected chi connectivity index (χ1v) is 10.9. The lowest BCUT2D eigenvalue weighted by atomic mass is 9.86. The van der Waals surface area contributed by atoms with E-state index in [9.17, 15) is 18.0 Å². The summed E-state index contributed by atoms with van der Waals surface area (Å²) in [5.74, 6) is -2.57. The quantitative estimate of drug-likeness (QED) is 0.759. The lowest BCUT2D eigenvalue weighted by molar-refractivity contribution is -0.132. The molecule has 4 rings (SSSR count). The van der Waals surface area contributed by atoms with Gasteiger partial charge in [0.05, 0.1) is 4.90 Å². The molecule has 2 amide bonds. The molecule has 1 aliphatic carbocycles. The van der Waals surface area contributed by atoms with Crippen LogP contribution in [0.15, 0.2) is 41.3 Å². The highest BCUT2D eigenvalue weighted by Gasteiger charge is 2.45.